The lowest BCUT2D eigenvalue weighted by Crippen LogP contribution is -2.45. The van der Waals surface area contributed by atoms with E-state index in [2.05, 4.69) is 33.7 Å². The number of aryl methyl sites for hydroxylation is 2. The van der Waals surface area contributed by atoms with Gasteiger partial charge in [-0.15, -0.1) is 0 Å². The first-order valence-electron chi connectivity index (χ1n) is 12.8. The van der Waals surface area contributed by atoms with Crippen LogP contribution in [0.4, 0.5) is 5.69 Å². The summed E-state index contributed by atoms with van der Waals surface area (Å²) in [6.45, 7) is 4.72. The average Bonchev–Trinajstić information content (AvgIpc) is 3.26. The summed E-state index contributed by atoms with van der Waals surface area (Å²) in [7, 11) is -2.66. The van der Waals surface area contributed by atoms with Crippen molar-refractivity contribution in [3.63, 3.8) is 0 Å². The van der Waals surface area contributed by atoms with Crippen molar-refractivity contribution in [2.75, 3.05) is 12.4 Å². The van der Waals surface area contributed by atoms with Crippen molar-refractivity contribution in [3.8, 4) is 5.75 Å². The molecule has 0 fully saturated rings. The number of nitrogens with one attached hydrogen (secondary N) is 2. The molecule has 0 bridgehead atoms. The summed E-state index contributed by atoms with van der Waals surface area (Å²) in [4.78, 5) is 13.6. The first-order valence-corrected chi connectivity index (χ1v) is 14.3. The number of ether oxygens (including phenoxy) is 1. The molecule has 1 heterocycles. The zero-order chi connectivity index (χ0) is 27.6. The Bertz CT molecular complexity index is 1760. The van der Waals surface area contributed by atoms with Gasteiger partial charge in [-0.1, -0.05) is 54.6 Å². The van der Waals surface area contributed by atoms with Crippen molar-refractivity contribution in [2.45, 2.75) is 37.8 Å². The van der Waals surface area contributed by atoms with Crippen molar-refractivity contribution in [1.82, 2.24) is 9.29 Å². The summed E-state index contributed by atoms with van der Waals surface area (Å²) in [6.07, 6.45) is 0.178. The number of benzene rings is 4. The average molecular weight is 542 g/mol. The first kappa shape index (κ1) is 26.5. The summed E-state index contributed by atoms with van der Waals surface area (Å²) >= 11 is 0. The maximum atomic E-state index is 13.6. The maximum absolute atomic E-state index is 13.6. The van der Waals surface area contributed by atoms with Crippen LogP contribution >= 0.6 is 0 Å². The van der Waals surface area contributed by atoms with Crippen LogP contribution in [0.2, 0.25) is 0 Å². The number of sulfonamides is 1. The molecule has 8 heteroatoms. The van der Waals surface area contributed by atoms with Gasteiger partial charge in [0, 0.05) is 34.0 Å². The molecule has 1 aromatic heterocycles. The lowest BCUT2D eigenvalue weighted by Gasteiger charge is -2.20. The number of methoxy groups -OCH3 is 1. The van der Waals surface area contributed by atoms with E-state index in [1.54, 1.807) is 19.1 Å². The topological polar surface area (TPSA) is 89.4 Å². The second kappa shape index (κ2) is 10.9. The van der Waals surface area contributed by atoms with Crippen LogP contribution in [0.25, 0.3) is 21.8 Å². The third-order valence-electron chi connectivity index (χ3n) is 6.86. The maximum Gasteiger partial charge on any atom is 0.245 e. The van der Waals surface area contributed by atoms with Crippen molar-refractivity contribution >= 4 is 43.4 Å². The molecular formula is C31H31N3O4S. The van der Waals surface area contributed by atoms with Crippen LogP contribution in [0, 0.1) is 6.92 Å². The van der Waals surface area contributed by atoms with E-state index >= 15 is 0 Å². The fraction of sp³-hybridized carbons (Fsp3) is 0.194. The van der Waals surface area contributed by atoms with Crippen LogP contribution in [0.5, 0.6) is 5.75 Å². The van der Waals surface area contributed by atoms with Crippen LogP contribution in [-0.2, 0) is 27.8 Å². The molecule has 39 heavy (non-hydrogen) atoms. The molecule has 4 aromatic carbocycles. The molecule has 0 radical (unpaired) electrons. The Hall–Kier alpha value is -4.14. The number of carbonyl (C=O) groups is 1. The van der Waals surface area contributed by atoms with Gasteiger partial charge in [-0.25, -0.2) is 8.42 Å². The predicted octanol–water partition coefficient (Wildman–Crippen LogP) is 5.66. The van der Waals surface area contributed by atoms with Gasteiger partial charge in [-0.2, -0.15) is 4.72 Å². The number of hydrogen-bond acceptors (Lipinski definition) is 4. The van der Waals surface area contributed by atoms with E-state index in [9.17, 15) is 13.2 Å². The lowest BCUT2D eigenvalue weighted by molar-refractivity contribution is -0.117. The van der Waals surface area contributed by atoms with Gasteiger partial charge in [0.2, 0.25) is 15.9 Å². The molecule has 1 atom stereocenters. The highest BCUT2D eigenvalue weighted by Crippen LogP contribution is 2.31. The van der Waals surface area contributed by atoms with Crippen LogP contribution < -0.4 is 14.8 Å². The number of fused-ring (bicyclic) bond motifs is 3. The lowest BCUT2D eigenvalue weighted by atomic mass is 10.1. The van der Waals surface area contributed by atoms with E-state index in [-0.39, 0.29) is 17.1 Å². The Morgan fingerprint density at radius 3 is 2.36 bits per heavy atom. The number of carbonyl (C=O) groups excluding carboxylic acids is 1. The summed E-state index contributed by atoms with van der Waals surface area (Å²) in [5, 5.41) is 5.07. The number of hydrogen-bond donors (Lipinski definition) is 2. The largest absolute Gasteiger partial charge is 0.495 e. The van der Waals surface area contributed by atoms with Crippen LogP contribution in [0.1, 0.15) is 18.1 Å². The molecule has 0 spiro atoms. The smallest absolute Gasteiger partial charge is 0.245 e. The number of nitrogens with zero attached hydrogens (tertiary/aromatic N) is 1. The van der Waals surface area contributed by atoms with E-state index in [4.69, 9.17) is 4.74 Å². The fourth-order valence-electron chi connectivity index (χ4n) is 4.98. The number of amides is 1. The minimum Gasteiger partial charge on any atom is -0.495 e. The monoisotopic (exact) mass is 541 g/mol. The normalized spacial score (nSPS) is 12.5. The Labute approximate surface area is 228 Å². The molecule has 2 N–H and O–H groups in total. The Kier molecular flexibility index (Phi) is 7.41. The molecule has 1 amide bonds. The van der Waals surface area contributed by atoms with Gasteiger partial charge < -0.3 is 14.6 Å². The van der Waals surface area contributed by atoms with Crippen molar-refractivity contribution < 1.29 is 17.9 Å². The van der Waals surface area contributed by atoms with Crippen molar-refractivity contribution in [2.24, 2.45) is 0 Å². The van der Waals surface area contributed by atoms with Gasteiger partial charge in [0.05, 0.1) is 7.11 Å². The zero-order valence-corrected chi connectivity index (χ0v) is 23.0. The molecule has 200 valence electrons. The molecule has 5 aromatic rings. The molecule has 0 aliphatic rings. The fourth-order valence-corrected chi connectivity index (χ4v) is 6.43. The second-order valence-corrected chi connectivity index (χ2v) is 11.2. The minimum absolute atomic E-state index is 0.00958. The molecule has 0 aliphatic heterocycles. The zero-order valence-electron chi connectivity index (χ0n) is 22.1. The first-order chi connectivity index (χ1) is 18.8. The van der Waals surface area contributed by atoms with Gasteiger partial charge in [0.15, 0.2) is 0 Å². The van der Waals surface area contributed by atoms with Crippen LogP contribution in [0.15, 0.2) is 95.9 Å². The highest BCUT2D eigenvalue weighted by Gasteiger charge is 2.28. The molecule has 0 aliphatic carbocycles. The number of anilines is 1. The second-order valence-electron chi connectivity index (χ2n) is 9.50. The summed E-state index contributed by atoms with van der Waals surface area (Å²) in [5.41, 5.74) is 4.39. The predicted molar refractivity (Wildman–Crippen MR) is 156 cm³/mol. The Morgan fingerprint density at radius 1 is 0.897 bits per heavy atom. The van der Waals surface area contributed by atoms with Crippen LogP contribution in [-0.4, -0.2) is 32.0 Å². The Morgan fingerprint density at radius 2 is 1.62 bits per heavy atom. The summed E-state index contributed by atoms with van der Waals surface area (Å²) < 4.78 is 37.2. The van der Waals surface area contributed by atoms with E-state index in [1.165, 1.54) is 13.2 Å². The number of rotatable bonds is 9. The van der Waals surface area contributed by atoms with E-state index < -0.39 is 22.0 Å². The van der Waals surface area contributed by atoms with Crippen molar-refractivity contribution in [1.29, 1.82) is 0 Å². The van der Waals surface area contributed by atoms with Gasteiger partial charge in [0.1, 0.15) is 16.7 Å². The highest BCUT2D eigenvalue weighted by atomic mass is 32.2. The molecule has 0 saturated heterocycles. The Balaban J connectivity index is 1.49. The molecular weight excluding hydrogens is 510 g/mol. The summed E-state index contributed by atoms with van der Waals surface area (Å²) in [6, 6.07) is 27.1. The van der Waals surface area contributed by atoms with Gasteiger partial charge in [-0.05, 0) is 67.8 Å². The van der Waals surface area contributed by atoms with Gasteiger partial charge in [-0.3, -0.25) is 4.79 Å². The number of aromatic nitrogens is 1. The van der Waals surface area contributed by atoms with E-state index in [0.717, 1.165) is 39.5 Å². The molecule has 0 saturated carbocycles. The molecule has 0 unspecified atom stereocenters. The van der Waals surface area contributed by atoms with Crippen molar-refractivity contribution in [3.05, 3.63) is 102 Å². The minimum atomic E-state index is -4.08. The van der Waals surface area contributed by atoms with Gasteiger partial charge in [0.25, 0.3) is 0 Å². The highest BCUT2D eigenvalue weighted by molar-refractivity contribution is 7.89. The van der Waals surface area contributed by atoms with Crippen LogP contribution in [0.3, 0.4) is 0 Å². The molecule has 5 rings (SSSR count). The van der Waals surface area contributed by atoms with E-state index in [0.29, 0.717) is 5.69 Å². The number of para-hydroxylation sites is 1. The SMILES string of the molecule is CCn1c2ccccc2c2cc(NC(=O)[C@H](Cc3ccccc3)NS(=O)(=O)c3cc(C)ccc3OC)ccc21. The third-order valence-corrected chi connectivity index (χ3v) is 8.35. The molecule has 7 nitrogen and oxygen atoms in total. The third kappa shape index (κ3) is 5.39. The quantitative estimate of drug-likeness (QED) is 0.252. The van der Waals surface area contributed by atoms with Gasteiger partial charge >= 0.3 is 0 Å². The standard InChI is InChI=1S/C31H31N3O4S/c1-4-34-27-13-9-8-12-24(27)25-20-23(15-16-28(25)34)32-31(35)26(19-22-10-6-5-7-11-22)33-39(36,37)30-18-21(2)14-17-29(30)38-3/h5-18,20,26,33H,4,19H2,1-3H3,(H,32,35)/t26-/m0/s1. The summed E-state index contributed by atoms with van der Waals surface area (Å²) in [5.74, 6) is -0.239. The van der Waals surface area contributed by atoms with E-state index in [1.807, 2.05) is 60.7 Å².